The van der Waals surface area contributed by atoms with Gasteiger partial charge >= 0.3 is 0 Å². The fourth-order valence-electron chi connectivity index (χ4n) is 3.27. The molecular formula is C21H21ClN4O4. The zero-order chi connectivity index (χ0) is 20.8. The average Bonchev–Trinajstić information content (AvgIpc) is 3.44. The summed E-state index contributed by atoms with van der Waals surface area (Å²) in [6.07, 6.45) is 1.66. The predicted octanol–water partition coefficient (Wildman–Crippen LogP) is 3.86. The van der Waals surface area contributed by atoms with Crippen LogP contribution in [0.25, 0.3) is 0 Å². The molecule has 0 radical (unpaired) electrons. The Hall–Kier alpha value is -2.99. The SMILES string of the molecule is N#Cc1nc(COc2ccc(Cl)cc2)oc1NC[C@@H](c1ccco1)N1CCOCC1. The number of hydrogen-bond acceptors (Lipinski definition) is 8. The van der Waals surface area contributed by atoms with Crippen molar-refractivity contribution >= 4 is 17.5 Å². The summed E-state index contributed by atoms with van der Waals surface area (Å²) in [5.74, 6) is 2.10. The van der Waals surface area contributed by atoms with E-state index in [4.69, 9.17) is 29.9 Å². The number of halogens is 1. The number of nitrogens with one attached hydrogen (secondary N) is 1. The van der Waals surface area contributed by atoms with Crippen molar-refractivity contribution in [1.82, 2.24) is 9.88 Å². The molecule has 3 aromatic rings. The van der Waals surface area contributed by atoms with Crippen LogP contribution in [0.15, 0.2) is 51.5 Å². The molecule has 1 fully saturated rings. The van der Waals surface area contributed by atoms with Crippen LogP contribution in [0.2, 0.25) is 5.02 Å². The van der Waals surface area contributed by atoms with E-state index in [1.54, 1.807) is 30.5 Å². The quantitative estimate of drug-likeness (QED) is 0.577. The van der Waals surface area contributed by atoms with Gasteiger partial charge in [-0.1, -0.05) is 11.6 Å². The molecule has 2 aromatic heterocycles. The molecule has 0 unspecified atom stereocenters. The van der Waals surface area contributed by atoms with E-state index in [0.29, 0.717) is 42.3 Å². The lowest BCUT2D eigenvalue weighted by Gasteiger charge is -2.33. The van der Waals surface area contributed by atoms with Crippen LogP contribution in [0.3, 0.4) is 0 Å². The van der Waals surface area contributed by atoms with Gasteiger partial charge in [0.2, 0.25) is 17.5 Å². The summed E-state index contributed by atoms with van der Waals surface area (Å²) < 4.78 is 22.5. The van der Waals surface area contributed by atoms with Crippen LogP contribution < -0.4 is 10.1 Å². The maximum atomic E-state index is 9.43. The number of nitrogens with zero attached hydrogens (tertiary/aromatic N) is 3. The zero-order valence-corrected chi connectivity index (χ0v) is 17.0. The van der Waals surface area contributed by atoms with Crippen molar-refractivity contribution in [3.8, 4) is 11.8 Å². The van der Waals surface area contributed by atoms with E-state index in [-0.39, 0.29) is 18.3 Å². The molecule has 1 aromatic carbocycles. The van der Waals surface area contributed by atoms with Gasteiger partial charge in [0.1, 0.15) is 17.6 Å². The first kappa shape index (κ1) is 20.3. The second-order valence-corrected chi connectivity index (χ2v) is 7.14. The standard InChI is InChI=1S/C21H21ClN4O4/c22-15-3-5-16(6-4-15)29-14-20-25-17(12-23)21(30-20)24-13-18(19-2-1-9-28-19)26-7-10-27-11-8-26/h1-6,9,18,24H,7-8,10-11,13-14H2/t18-/m0/s1. The molecule has 1 saturated heterocycles. The van der Waals surface area contributed by atoms with Gasteiger partial charge < -0.3 is 23.6 Å². The van der Waals surface area contributed by atoms with Gasteiger partial charge in [0, 0.05) is 24.7 Å². The summed E-state index contributed by atoms with van der Waals surface area (Å²) in [7, 11) is 0. The Balaban J connectivity index is 1.42. The van der Waals surface area contributed by atoms with E-state index in [9.17, 15) is 5.26 Å². The average molecular weight is 429 g/mol. The van der Waals surface area contributed by atoms with Gasteiger partial charge in [-0.2, -0.15) is 10.2 Å². The third-order valence-electron chi connectivity index (χ3n) is 4.77. The molecule has 0 amide bonds. The van der Waals surface area contributed by atoms with E-state index in [2.05, 4.69) is 21.3 Å². The lowest BCUT2D eigenvalue weighted by Crippen LogP contribution is -2.41. The Bertz CT molecular complexity index is 976. The number of ether oxygens (including phenoxy) is 2. The van der Waals surface area contributed by atoms with Crippen molar-refractivity contribution in [3.63, 3.8) is 0 Å². The molecule has 1 atom stereocenters. The molecule has 0 aliphatic carbocycles. The minimum atomic E-state index is -0.0192. The van der Waals surface area contributed by atoms with Crippen LogP contribution in [0.1, 0.15) is 23.4 Å². The van der Waals surface area contributed by atoms with E-state index < -0.39 is 0 Å². The van der Waals surface area contributed by atoms with Crippen LogP contribution in [0.5, 0.6) is 5.75 Å². The lowest BCUT2D eigenvalue weighted by molar-refractivity contribution is 0.0144. The minimum Gasteiger partial charge on any atom is -0.484 e. The first-order chi connectivity index (χ1) is 14.7. The summed E-state index contributed by atoms with van der Waals surface area (Å²) in [5, 5.41) is 13.3. The number of nitriles is 1. The third-order valence-corrected chi connectivity index (χ3v) is 5.02. The second kappa shape index (κ2) is 9.67. The van der Waals surface area contributed by atoms with Gasteiger partial charge in [0.05, 0.1) is 25.5 Å². The van der Waals surface area contributed by atoms with Gasteiger partial charge in [-0.25, -0.2) is 0 Å². The van der Waals surface area contributed by atoms with Crippen molar-refractivity contribution in [2.45, 2.75) is 12.6 Å². The molecule has 4 rings (SSSR count). The van der Waals surface area contributed by atoms with Gasteiger partial charge in [0.15, 0.2) is 6.61 Å². The predicted molar refractivity (Wildman–Crippen MR) is 109 cm³/mol. The molecule has 0 spiro atoms. The maximum absolute atomic E-state index is 9.43. The largest absolute Gasteiger partial charge is 0.484 e. The Kier molecular flexibility index (Phi) is 6.54. The second-order valence-electron chi connectivity index (χ2n) is 6.70. The van der Waals surface area contributed by atoms with Crippen molar-refractivity contribution in [2.24, 2.45) is 0 Å². The molecule has 3 heterocycles. The highest BCUT2D eigenvalue weighted by atomic mass is 35.5. The van der Waals surface area contributed by atoms with E-state index in [0.717, 1.165) is 18.8 Å². The highest BCUT2D eigenvalue weighted by Crippen LogP contribution is 2.25. The number of furan rings is 1. The number of rotatable bonds is 8. The molecule has 30 heavy (non-hydrogen) atoms. The van der Waals surface area contributed by atoms with Gasteiger partial charge in [-0.15, -0.1) is 0 Å². The van der Waals surface area contributed by atoms with Crippen LogP contribution in [0, 0.1) is 11.3 Å². The molecule has 9 heteroatoms. The highest BCUT2D eigenvalue weighted by Gasteiger charge is 2.25. The van der Waals surface area contributed by atoms with Gasteiger partial charge in [-0.05, 0) is 36.4 Å². The Morgan fingerprint density at radius 3 is 2.73 bits per heavy atom. The molecule has 1 aliphatic heterocycles. The van der Waals surface area contributed by atoms with Crippen molar-refractivity contribution < 1.29 is 18.3 Å². The number of anilines is 1. The van der Waals surface area contributed by atoms with E-state index in [1.165, 1.54) is 0 Å². The van der Waals surface area contributed by atoms with Crippen LogP contribution in [-0.4, -0.2) is 42.7 Å². The van der Waals surface area contributed by atoms with Crippen molar-refractivity contribution in [3.05, 3.63) is 65.0 Å². The van der Waals surface area contributed by atoms with E-state index in [1.807, 2.05) is 12.1 Å². The summed E-state index contributed by atoms with van der Waals surface area (Å²) in [5.41, 5.74) is 0.185. The third kappa shape index (κ3) is 4.94. The number of morpholine rings is 1. The summed E-state index contributed by atoms with van der Waals surface area (Å²) >= 11 is 5.88. The smallest absolute Gasteiger partial charge is 0.236 e. The fourth-order valence-corrected chi connectivity index (χ4v) is 3.39. The Morgan fingerprint density at radius 2 is 2.03 bits per heavy atom. The summed E-state index contributed by atoms with van der Waals surface area (Å²) in [6, 6.07) is 12.8. The number of hydrogen-bond donors (Lipinski definition) is 1. The normalized spacial score (nSPS) is 15.5. The first-order valence-electron chi connectivity index (χ1n) is 9.60. The number of benzene rings is 1. The van der Waals surface area contributed by atoms with Crippen LogP contribution >= 0.6 is 11.6 Å². The lowest BCUT2D eigenvalue weighted by atomic mass is 10.1. The van der Waals surface area contributed by atoms with Crippen LogP contribution in [-0.2, 0) is 11.3 Å². The molecule has 1 aliphatic rings. The first-order valence-corrected chi connectivity index (χ1v) is 9.98. The van der Waals surface area contributed by atoms with Gasteiger partial charge in [0.25, 0.3) is 0 Å². The van der Waals surface area contributed by atoms with Gasteiger partial charge in [-0.3, -0.25) is 4.90 Å². The van der Waals surface area contributed by atoms with Crippen LogP contribution in [0.4, 0.5) is 5.88 Å². The van der Waals surface area contributed by atoms with Crippen molar-refractivity contribution in [1.29, 1.82) is 5.26 Å². The van der Waals surface area contributed by atoms with E-state index >= 15 is 0 Å². The molecule has 156 valence electrons. The molecule has 8 nitrogen and oxygen atoms in total. The van der Waals surface area contributed by atoms with Crippen molar-refractivity contribution in [2.75, 3.05) is 38.2 Å². The zero-order valence-electron chi connectivity index (χ0n) is 16.2. The highest BCUT2D eigenvalue weighted by molar-refractivity contribution is 6.30. The fraction of sp³-hybridized carbons (Fsp3) is 0.333. The number of oxazole rings is 1. The minimum absolute atomic E-state index is 0.0192. The molecule has 0 bridgehead atoms. The number of aromatic nitrogens is 1. The summed E-state index contributed by atoms with van der Waals surface area (Å²) in [6.45, 7) is 3.55. The Labute approximate surface area is 179 Å². The monoisotopic (exact) mass is 428 g/mol. The molecule has 0 saturated carbocycles. The summed E-state index contributed by atoms with van der Waals surface area (Å²) in [4.78, 5) is 6.50. The topological polar surface area (TPSA) is 96.7 Å². The molecule has 1 N–H and O–H groups in total. The Morgan fingerprint density at radius 1 is 1.23 bits per heavy atom. The molecular weight excluding hydrogens is 408 g/mol. The maximum Gasteiger partial charge on any atom is 0.236 e.